The third kappa shape index (κ3) is 2.86. The Kier molecular flexibility index (Phi) is 3.72. The first-order valence-electron chi connectivity index (χ1n) is 7.37. The maximum absolute atomic E-state index is 12.4. The third-order valence-electron chi connectivity index (χ3n) is 4.42. The van der Waals surface area contributed by atoms with Gasteiger partial charge in [0.15, 0.2) is 0 Å². The fourth-order valence-corrected chi connectivity index (χ4v) is 3.68. The zero-order valence-corrected chi connectivity index (χ0v) is 14.0. The van der Waals surface area contributed by atoms with Gasteiger partial charge in [-0.15, -0.1) is 11.3 Å². The van der Waals surface area contributed by atoms with Crippen LogP contribution in [0.2, 0.25) is 0 Å². The zero-order valence-electron chi connectivity index (χ0n) is 13.2. The Balaban J connectivity index is 1.76. The minimum Gasteiger partial charge on any atom is -0.481 e. The van der Waals surface area contributed by atoms with Crippen LogP contribution < -0.4 is 5.32 Å². The molecule has 0 aliphatic heterocycles. The van der Waals surface area contributed by atoms with Crippen LogP contribution in [0, 0.1) is 24.2 Å². The lowest BCUT2D eigenvalue weighted by molar-refractivity contribution is -0.140. The first-order valence-corrected chi connectivity index (χ1v) is 8.25. The summed E-state index contributed by atoms with van der Waals surface area (Å²) in [5.41, 5.74) is 1.96. The van der Waals surface area contributed by atoms with E-state index >= 15 is 0 Å². The van der Waals surface area contributed by atoms with Gasteiger partial charge in [0.05, 0.1) is 22.5 Å². The van der Waals surface area contributed by atoms with Crippen LogP contribution in [-0.4, -0.2) is 22.0 Å². The van der Waals surface area contributed by atoms with Gasteiger partial charge in [0.2, 0.25) is 5.91 Å². The van der Waals surface area contributed by atoms with Crippen molar-refractivity contribution < 1.29 is 14.7 Å². The number of benzene rings is 1. The number of aryl methyl sites for hydroxylation is 1. The summed E-state index contributed by atoms with van der Waals surface area (Å²) >= 11 is 1.57. The van der Waals surface area contributed by atoms with Crippen molar-refractivity contribution in [3.63, 3.8) is 0 Å². The van der Waals surface area contributed by atoms with Crippen molar-refractivity contribution in [1.29, 1.82) is 0 Å². The number of rotatable bonds is 4. The quantitative estimate of drug-likeness (QED) is 0.900. The Morgan fingerprint density at radius 3 is 2.61 bits per heavy atom. The zero-order chi connectivity index (χ0) is 16.8. The summed E-state index contributed by atoms with van der Waals surface area (Å²) in [5, 5.41) is 15.0. The van der Waals surface area contributed by atoms with Crippen molar-refractivity contribution >= 4 is 28.9 Å². The molecule has 1 amide bonds. The Morgan fingerprint density at radius 2 is 2.04 bits per heavy atom. The lowest BCUT2D eigenvalue weighted by Crippen LogP contribution is -2.17. The number of carboxylic acid groups (broad SMARTS) is 1. The minimum absolute atomic E-state index is 0.242. The Hall–Kier alpha value is -2.21. The number of anilines is 1. The number of carbonyl (C=O) groups excluding carboxylic acids is 1. The molecular weight excluding hydrogens is 312 g/mol. The molecule has 1 aromatic carbocycles. The van der Waals surface area contributed by atoms with Gasteiger partial charge in [-0.2, -0.15) is 0 Å². The number of nitrogens with one attached hydrogen (secondary N) is 1. The van der Waals surface area contributed by atoms with Crippen LogP contribution in [0.4, 0.5) is 5.69 Å². The van der Waals surface area contributed by atoms with Gasteiger partial charge >= 0.3 is 5.97 Å². The van der Waals surface area contributed by atoms with Gasteiger partial charge in [-0.25, -0.2) is 4.98 Å². The highest BCUT2D eigenvalue weighted by Gasteiger charge is 2.65. The van der Waals surface area contributed by atoms with Crippen LogP contribution in [0.1, 0.15) is 18.9 Å². The molecule has 0 radical (unpaired) electrons. The highest BCUT2D eigenvalue weighted by Crippen LogP contribution is 2.58. The molecule has 2 aromatic rings. The van der Waals surface area contributed by atoms with E-state index in [1.807, 2.05) is 44.4 Å². The first-order chi connectivity index (χ1) is 10.8. The number of nitrogens with zero attached hydrogens (tertiary/aromatic N) is 1. The summed E-state index contributed by atoms with van der Waals surface area (Å²) in [4.78, 5) is 28.0. The van der Waals surface area contributed by atoms with E-state index < -0.39 is 23.2 Å². The summed E-state index contributed by atoms with van der Waals surface area (Å²) in [6, 6.07) is 7.45. The number of carboxylic acids is 1. The van der Waals surface area contributed by atoms with E-state index in [1.165, 1.54) is 0 Å². The molecular formula is C17H18N2O3S. The average molecular weight is 330 g/mol. The lowest BCUT2D eigenvalue weighted by Gasteiger charge is -2.07. The molecule has 1 saturated carbocycles. The molecule has 0 saturated heterocycles. The summed E-state index contributed by atoms with van der Waals surface area (Å²) in [6.45, 7) is 5.57. The fourth-order valence-electron chi connectivity index (χ4n) is 3.06. The van der Waals surface area contributed by atoms with Crippen molar-refractivity contribution in [1.82, 2.24) is 4.98 Å². The van der Waals surface area contributed by atoms with Crippen molar-refractivity contribution in [2.24, 2.45) is 17.3 Å². The van der Waals surface area contributed by atoms with Gasteiger partial charge in [-0.3, -0.25) is 9.59 Å². The Bertz CT molecular complexity index is 782. The summed E-state index contributed by atoms with van der Waals surface area (Å²) in [7, 11) is 0. The number of aliphatic carboxylic acids is 1. The molecule has 0 spiro atoms. The molecule has 3 rings (SSSR count). The summed E-state index contributed by atoms with van der Waals surface area (Å²) < 4.78 is 0. The van der Waals surface area contributed by atoms with Gasteiger partial charge in [-0.1, -0.05) is 26.0 Å². The van der Waals surface area contributed by atoms with Crippen LogP contribution in [0.3, 0.4) is 0 Å². The molecule has 1 heterocycles. The highest BCUT2D eigenvalue weighted by molar-refractivity contribution is 7.09. The maximum atomic E-state index is 12.4. The Labute approximate surface area is 138 Å². The van der Waals surface area contributed by atoms with E-state index in [2.05, 4.69) is 10.3 Å². The minimum atomic E-state index is -0.915. The predicted octanol–water partition coefficient (Wildman–Crippen LogP) is 3.41. The van der Waals surface area contributed by atoms with Gasteiger partial charge in [0.1, 0.15) is 0 Å². The van der Waals surface area contributed by atoms with Crippen LogP contribution >= 0.6 is 11.3 Å². The number of carbonyl (C=O) groups is 2. The molecule has 5 nitrogen and oxygen atoms in total. The van der Waals surface area contributed by atoms with Crippen molar-refractivity contribution in [2.45, 2.75) is 20.8 Å². The van der Waals surface area contributed by atoms with Crippen LogP contribution in [0.25, 0.3) is 11.3 Å². The molecule has 1 aliphatic carbocycles. The molecule has 1 aromatic heterocycles. The van der Waals surface area contributed by atoms with Crippen LogP contribution in [0.5, 0.6) is 0 Å². The SMILES string of the molecule is Cc1nc(-c2cccc(NC(=O)C3C(C(=O)O)C3(C)C)c2)cs1. The molecule has 0 bridgehead atoms. The summed E-state index contributed by atoms with van der Waals surface area (Å²) in [5.74, 6) is -2.27. The van der Waals surface area contributed by atoms with Crippen LogP contribution in [-0.2, 0) is 9.59 Å². The smallest absolute Gasteiger partial charge is 0.307 e. The molecule has 2 atom stereocenters. The highest BCUT2D eigenvalue weighted by atomic mass is 32.1. The predicted molar refractivity (Wildman–Crippen MR) is 89.3 cm³/mol. The van der Waals surface area contributed by atoms with E-state index in [0.29, 0.717) is 5.69 Å². The Morgan fingerprint density at radius 1 is 1.30 bits per heavy atom. The van der Waals surface area contributed by atoms with Gasteiger partial charge in [0.25, 0.3) is 0 Å². The van der Waals surface area contributed by atoms with E-state index in [9.17, 15) is 14.7 Å². The number of hydrogen-bond acceptors (Lipinski definition) is 4. The number of amides is 1. The molecule has 23 heavy (non-hydrogen) atoms. The largest absolute Gasteiger partial charge is 0.481 e. The van der Waals surface area contributed by atoms with Crippen molar-refractivity contribution in [3.8, 4) is 11.3 Å². The second-order valence-electron chi connectivity index (χ2n) is 6.44. The molecule has 1 fully saturated rings. The maximum Gasteiger partial charge on any atom is 0.307 e. The second kappa shape index (κ2) is 5.45. The molecule has 6 heteroatoms. The first kappa shape index (κ1) is 15.7. The second-order valence-corrected chi connectivity index (χ2v) is 7.50. The van der Waals surface area contributed by atoms with E-state index in [0.717, 1.165) is 16.3 Å². The monoisotopic (exact) mass is 330 g/mol. The molecule has 1 aliphatic rings. The van der Waals surface area contributed by atoms with Gasteiger partial charge in [-0.05, 0) is 24.5 Å². The lowest BCUT2D eigenvalue weighted by atomic mass is 10.1. The number of hydrogen-bond donors (Lipinski definition) is 2. The van der Waals surface area contributed by atoms with E-state index in [-0.39, 0.29) is 5.91 Å². The summed E-state index contributed by atoms with van der Waals surface area (Å²) in [6.07, 6.45) is 0. The van der Waals surface area contributed by atoms with Crippen LogP contribution in [0.15, 0.2) is 29.6 Å². The molecule has 120 valence electrons. The third-order valence-corrected chi connectivity index (χ3v) is 5.19. The molecule has 2 N–H and O–H groups in total. The molecule has 2 unspecified atom stereocenters. The van der Waals surface area contributed by atoms with Gasteiger partial charge in [0, 0.05) is 16.6 Å². The fraction of sp³-hybridized carbons (Fsp3) is 0.353. The van der Waals surface area contributed by atoms with Gasteiger partial charge < -0.3 is 10.4 Å². The normalized spacial score (nSPS) is 21.7. The standard InChI is InChI=1S/C17H18N2O3S/c1-9-18-12(8-23-9)10-5-4-6-11(7-10)19-15(20)13-14(16(21)22)17(13,2)3/h4-8,13-14H,1-3H3,(H,19,20)(H,21,22). The number of thiazole rings is 1. The van der Waals surface area contributed by atoms with Crippen molar-refractivity contribution in [2.75, 3.05) is 5.32 Å². The topological polar surface area (TPSA) is 79.3 Å². The number of aromatic nitrogens is 1. The van der Waals surface area contributed by atoms with E-state index in [4.69, 9.17) is 0 Å². The van der Waals surface area contributed by atoms with E-state index in [1.54, 1.807) is 17.4 Å². The average Bonchev–Trinajstić information content (AvgIpc) is 2.83. The van der Waals surface area contributed by atoms with Crippen molar-refractivity contribution in [3.05, 3.63) is 34.7 Å².